The minimum absolute atomic E-state index is 0.690. The van der Waals surface area contributed by atoms with Gasteiger partial charge in [-0.3, -0.25) is 9.88 Å². The van der Waals surface area contributed by atoms with Crippen molar-refractivity contribution < 1.29 is 0 Å². The molecule has 1 aliphatic carbocycles. The highest BCUT2D eigenvalue weighted by Crippen LogP contribution is 2.24. The lowest BCUT2D eigenvalue weighted by molar-refractivity contribution is 0.196. The molecule has 1 N–H and O–H groups in total. The number of hydrogen-bond acceptors (Lipinski definition) is 3. The first kappa shape index (κ1) is 15.5. The minimum atomic E-state index is 0.690. The Morgan fingerprint density at radius 3 is 2.80 bits per heavy atom. The molecule has 0 aromatic carbocycles. The Labute approximate surface area is 123 Å². The van der Waals surface area contributed by atoms with E-state index in [4.69, 9.17) is 0 Å². The van der Waals surface area contributed by atoms with E-state index < -0.39 is 0 Å². The molecule has 0 spiro atoms. The Morgan fingerprint density at radius 2 is 2.10 bits per heavy atom. The van der Waals surface area contributed by atoms with Crippen molar-refractivity contribution in [3.63, 3.8) is 0 Å². The highest BCUT2D eigenvalue weighted by atomic mass is 15.1. The summed E-state index contributed by atoms with van der Waals surface area (Å²) in [7, 11) is 2.12. The second-order valence-corrected chi connectivity index (χ2v) is 5.94. The largest absolute Gasteiger partial charge is 0.317 e. The molecular formula is C17H29N3. The average molecular weight is 275 g/mol. The van der Waals surface area contributed by atoms with Crippen LogP contribution in [0.5, 0.6) is 0 Å². The van der Waals surface area contributed by atoms with Gasteiger partial charge in [-0.05, 0) is 44.5 Å². The van der Waals surface area contributed by atoms with Crippen molar-refractivity contribution >= 4 is 0 Å². The van der Waals surface area contributed by atoms with Gasteiger partial charge >= 0.3 is 0 Å². The Hall–Kier alpha value is -0.930. The summed E-state index contributed by atoms with van der Waals surface area (Å²) in [6, 6.07) is 6.89. The number of rotatable bonds is 6. The Morgan fingerprint density at radius 1 is 1.25 bits per heavy atom. The van der Waals surface area contributed by atoms with E-state index in [-0.39, 0.29) is 0 Å². The van der Waals surface area contributed by atoms with Gasteiger partial charge < -0.3 is 5.32 Å². The third-order valence-corrected chi connectivity index (χ3v) is 4.58. The predicted octanol–water partition coefficient (Wildman–Crippen LogP) is 3.07. The number of hydrogen-bond donors (Lipinski definition) is 1. The molecule has 0 bridgehead atoms. The van der Waals surface area contributed by atoms with Gasteiger partial charge in [-0.2, -0.15) is 0 Å². The fourth-order valence-corrected chi connectivity index (χ4v) is 3.34. The molecule has 1 aromatic heterocycles. The van der Waals surface area contributed by atoms with Crippen LogP contribution in [0.2, 0.25) is 0 Å². The molecule has 0 amide bonds. The van der Waals surface area contributed by atoms with Crippen LogP contribution in [0.4, 0.5) is 0 Å². The second kappa shape index (κ2) is 8.38. The van der Waals surface area contributed by atoms with Crippen molar-refractivity contribution in [2.24, 2.45) is 5.92 Å². The number of pyridine rings is 1. The second-order valence-electron chi connectivity index (χ2n) is 5.94. The molecule has 2 unspecified atom stereocenters. The molecule has 1 aromatic rings. The summed E-state index contributed by atoms with van der Waals surface area (Å²) in [5.41, 5.74) is 1.18. The standard InChI is InChI=1S/C17H29N3/c1-3-20(14-16-10-7-8-12-19-16)13-15-9-5-4-6-11-17(15)18-2/h7-8,10,12,15,17-18H,3-6,9,11,13-14H2,1-2H3. The van der Waals surface area contributed by atoms with E-state index in [1.54, 1.807) is 0 Å². The van der Waals surface area contributed by atoms with E-state index in [9.17, 15) is 0 Å². The third kappa shape index (κ3) is 4.57. The van der Waals surface area contributed by atoms with Crippen molar-refractivity contribution in [3.05, 3.63) is 30.1 Å². The summed E-state index contributed by atoms with van der Waals surface area (Å²) in [6.45, 7) is 5.53. The lowest BCUT2D eigenvalue weighted by Crippen LogP contribution is -2.40. The summed E-state index contributed by atoms with van der Waals surface area (Å²) >= 11 is 0. The first-order chi connectivity index (χ1) is 9.83. The molecule has 0 radical (unpaired) electrons. The first-order valence-electron chi connectivity index (χ1n) is 8.13. The summed E-state index contributed by atoms with van der Waals surface area (Å²) in [5.74, 6) is 0.783. The normalized spacial score (nSPS) is 23.8. The molecule has 3 heteroatoms. The van der Waals surface area contributed by atoms with Crippen molar-refractivity contribution in [3.8, 4) is 0 Å². The third-order valence-electron chi connectivity index (χ3n) is 4.58. The molecule has 2 atom stereocenters. The van der Waals surface area contributed by atoms with Crippen LogP contribution in [0.15, 0.2) is 24.4 Å². The maximum absolute atomic E-state index is 4.46. The van der Waals surface area contributed by atoms with Gasteiger partial charge in [-0.25, -0.2) is 0 Å². The van der Waals surface area contributed by atoms with Crippen LogP contribution in [0.1, 0.15) is 44.7 Å². The highest BCUT2D eigenvalue weighted by molar-refractivity contribution is 5.03. The molecule has 2 rings (SSSR count). The van der Waals surface area contributed by atoms with Gasteiger partial charge in [0.05, 0.1) is 5.69 Å². The predicted molar refractivity (Wildman–Crippen MR) is 84.6 cm³/mol. The lowest BCUT2D eigenvalue weighted by Gasteiger charge is -2.30. The molecule has 1 saturated carbocycles. The van der Waals surface area contributed by atoms with Gasteiger partial charge in [0.2, 0.25) is 0 Å². The summed E-state index contributed by atoms with van der Waals surface area (Å²) in [6.07, 6.45) is 8.77. The molecule has 3 nitrogen and oxygen atoms in total. The van der Waals surface area contributed by atoms with Gasteiger partial charge in [0, 0.05) is 25.3 Å². The van der Waals surface area contributed by atoms with E-state index in [0.29, 0.717) is 6.04 Å². The fraction of sp³-hybridized carbons (Fsp3) is 0.706. The molecule has 0 aliphatic heterocycles. The first-order valence-corrected chi connectivity index (χ1v) is 8.13. The Kier molecular flexibility index (Phi) is 6.48. The molecule has 1 fully saturated rings. The molecule has 0 saturated heterocycles. The zero-order valence-corrected chi connectivity index (χ0v) is 13.0. The Bertz CT molecular complexity index is 366. The fourth-order valence-electron chi connectivity index (χ4n) is 3.34. The Balaban J connectivity index is 1.93. The smallest absolute Gasteiger partial charge is 0.0543 e. The molecule has 1 aliphatic rings. The molecule has 1 heterocycles. The number of nitrogens with zero attached hydrogens (tertiary/aromatic N) is 2. The topological polar surface area (TPSA) is 28.2 Å². The van der Waals surface area contributed by atoms with Crippen molar-refractivity contribution in [2.45, 2.75) is 51.6 Å². The van der Waals surface area contributed by atoms with E-state index in [1.807, 2.05) is 12.3 Å². The van der Waals surface area contributed by atoms with Gasteiger partial charge in [-0.15, -0.1) is 0 Å². The van der Waals surface area contributed by atoms with Gasteiger partial charge in [-0.1, -0.05) is 32.3 Å². The van der Waals surface area contributed by atoms with Crippen molar-refractivity contribution in [1.82, 2.24) is 15.2 Å². The van der Waals surface area contributed by atoms with E-state index in [1.165, 1.54) is 44.3 Å². The van der Waals surface area contributed by atoms with E-state index >= 15 is 0 Å². The van der Waals surface area contributed by atoms with Crippen LogP contribution in [0.25, 0.3) is 0 Å². The van der Waals surface area contributed by atoms with Gasteiger partial charge in [0.15, 0.2) is 0 Å². The maximum atomic E-state index is 4.46. The molecular weight excluding hydrogens is 246 g/mol. The van der Waals surface area contributed by atoms with Crippen molar-refractivity contribution in [2.75, 3.05) is 20.1 Å². The van der Waals surface area contributed by atoms with Crippen LogP contribution in [-0.4, -0.2) is 36.1 Å². The molecule has 20 heavy (non-hydrogen) atoms. The summed E-state index contributed by atoms with van der Waals surface area (Å²) < 4.78 is 0. The maximum Gasteiger partial charge on any atom is 0.0543 e. The van der Waals surface area contributed by atoms with Gasteiger partial charge in [0.1, 0.15) is 0 Å². The summed E-state index contributed by atoms with van der Waals surface area (Å²) in [4.78, 5) is 7.00. The van der Waals surface area contributed by atoms with E-state index in [0.717, 1.165) is 19.0 Å². The lowest BCUT2D eigenvalue weighted by atomic mass is 9.94. The minimum Gasteiger partial charge on any atom is -0.317 e. The van der Waals surface area contributed by atoms with Crippen molar-refractivity contribution in [1.29, 1.82) is 0 Å². The zero-order chi connectivity index (χ0) is 14.2. The van der Waals surface area contributed by atoms with Crippen LogP contribution < -0.4 is 5.32 Å². The van der Waals surface area contributed by atoms with Crippen LogP contribution in [0.3, 0.4) is 0 Å². The zero-order valence-electron chi connectivity index (χ0n) is 13.0. The monoisotopic (exact) mass is 275 g/mol. The SMILES string of the molecule is CCN(Cc1ccccn1)CC1CCCCCC1NC. The van der Waals surface area contributed by atoms with Crippen LogP contribution in [-0.2, 0) is 6.54 Å². The quantitative estimate of drug-likeness (QED) is 0.809. The number of aromatic nitrogens is 1. The molecule has 112 valence electrons. The average Bonchev–Trinajstić information content (AvgIpc) is 2.72. The summed E-state index contributed by atoms with van der Waals surface area (Å²) in [5, 5.41) is 3.55. The highest BCUT2D eigenvalue weighted by Gasteiger charge is 2.24. The number of nitrogens with one attached hydrogen (secondary N) is 1. The van der Waals surface area contributed by atoms with E-state index in [2.05, 4.69) is 41.3 Å². The van der Waals surface area contributed by atoms with Crippen LogP contribution >= 0.6 is 0 Å². The van der Waals surface area contributed by atoms with Crippen LogP contribution in [0, 0.1) is 5.92 Å². The van der Waals surface area contributed by atoms with Gasteiger partial charge in [0.25, 0.3) is 0 Å².